The van der Waals surface area contributed by atoms with Crippen molar-refractivity contribution in [2.24, 2.45) is 0 Å². The summed E-state index contributed by atoms with van der Waals surface area (Å²) in [5, 5.41) is 2.31. The Morgan fingerprint density at radius 3 is 1.09 bits per heavy atom. The first-order chi connectivity index (χ1) is 35.9. The molecule has 10 aromatic carbocycles. The van der Waals surface area contributed by atoms with Gasteiger partial charge in [-0.1, -0.05) is 123 Å². The average molecular weight is 981 g/mol. The molecule has 4 nitrogen and oxygen atoms in total. The van der Waals surface area contributed by atoms with E-state index in [1.165, 1.54) is 36.4 Å². The number of rotatable bonds is 6. The van der Waals surface area contributed by atoms with E-state index in [1.807, 2.05) is 60.7 Å². The second kappa shape index (κ2) is 15.7. The largest absolute Gasteiger partial charge is 0.451 e. The zero-order valence-corrected chi connectivity index (χ0v) is 39.5. The van der Waals surface area contributed by atoms with Crippen LogP contribution in [0.1, 0.15) is 47.2 Å². The molecule has 1 spiro atoms. The van der Waals surface area contributed by atoms with Gasteiger partial charge in [0, 0.05) is 50.5 Å². The maximum absolute atomic E-state index is 15.6. The lowest BCUT2D eigenvalue weighted by Crippen LogP contribution is -2.40. The predicted octanol–water partition coefficient (Wildman–Crippen LogP) is 18.3. The first-order valence-electron chi connectivity index (χ1n) is 24.1. The Morgan fingerprint density at radius 2 is 0.689 bits per heavy atom. The van der Waals surface area contributed by atoms with Gasteiger partial charge in [0.05, 0.1) is 28.2 Å². The molecule has 2 aliphatic carbocycles. The van der Waals surface area contributed by atoms with Gasteiger partial charge in [0.25, 0.3) is 0 Å². The Labute approximate surface area is 419 Å². The monoisotopic (exact) mass is 980 g/mol. The second-order valence-electron chi connectivity index (χ2n) is 19.6. The quantitative estimate of drug-likeness (QED) is 0.155. The lowest BCUT2D eigenvalue weighted by Gasteiger charge is -2.47. The number of hydrogen-bond acceptors (Lipinski definition) is 4. The van der Waals surface area contributed by atoms with E-state index in [0.29, 0.717) is 55.5 Å². The van der Waals surface area contributed by atoms with Crippen molar-refractivity contribution in [3.8, 4) is 11.1 Å². The van der Waals surface area contributed by atoms with Crippen LogP contribution < -0.4 is 9.80 Å². The van der Waals surface area contributed by atoms with E-state index in [1.54, 1.807) is 58.3 Å². The molecule has 0 N–H and O–H groups in total. The van der Waals surface area contributed by atoms with E-state index >= 15 is 26.3 Å². The summed E-state index contributed by atoms with van der Waals surface area (Å²) in [6.07, 6.45) is 0. The van der Waals surface area contributed by atoms with E-state index in [9.17, 15) is 0 Å². The fourth-order valence-corrected chi connectivity index (χ4v) is 12.2. The summed E-state index contributed by atoms with van der Waals surface area (Å²) >= 11 is 0. The van der Waals surface area contributed by atoms with E-state index < -0.39 is 45.7 Å². The highest BCUT2D eigenvalue weighted by Gasteiger charge is 2.54. The number of fused-ring (bicyclic) bond motifs is 15. The van der Waals surface area contributed by atoms with Gasteiger partial charge in [0.1, 0.15) is 23.3 Å². The number of para-hydroxylation sites is 4. The van der Waals surface area contributed by atoms with Crippen molar-refractivity contribution in [1.82, 2.24) is 0 Å². The van der Waals surface area contributed by atoms with Crippen LogP contribution >= 0.6 is 0 Å². The van der Waals surface area contributed by atoms with Gasteiger partial charge in [-0.15, -0.1) is 0 Å². The van der Waals surface area contributed by atoms with Gasteiger partial charge >= 0.3 is 0 Å². The molecule has 10 heteroatoms. The van der Waals surface area contributed by atoms with Crippen LogP contribution in [0.2, 0.25) is 0 Å². The summed E-state index contributed by atoms with van der Waals surface area (Å²) in [4.78, 5) is 3.47. The van der Waals surface area contributed by atoms with Crippen LogP contribution in [0.15, 0.2) is 203 Å². The van der Waals surface area contributed by atoms with Gasteiger partial charge in [0.15, 0.2) is 34.0 Å². The van der Waals surface area contributed by atoms with Crippen LogP contribution in [-0.2, 0) is 10.8 Å². The Morgan fingerprint density at radius 1 is 0.324 bits per heavy atom. The van der Waals surface area contributed by atoms with E-state index in [4.69, 9.17) is 8.83 Å². The van der Waals surface area contributed by atoms with Crippen LogP contribution in [0.4, 0.5) is 60.5 Å². The van der Waals surface area contributed by atoms with Crippen LogP contribution in [0, 0.1) is 34.9 Å². The Hall–Kier alpha value is -9.02. The molecule has 0 aliphatic heterocycles. The fraction of sp³-hybridized carbons (Fsp3) is 0.0625. The minimum Gasteiger partial charge on any atom is -0.451 e. The van der Waals surface area contributed by atoms with E-state index in [-0.39, 0.29) is 22.5 Å². The molecule has 0 radical (unpaired) electrons. The number of nitrogens with zero attached hydrogens (tertiary/aromatic N) is 2. The lowest BCUT2D eigenvalue weighted by molar-refractivity contribution is 0.563. The number of benzene rings is 10. The number of halogens is 6. The third-order valence-electron chi connectivity index (χ3n) is 15.2. The van der Waals surface area contributed by atoms with Crippen molar-refractivity contribution in [1.29, 1.82) is 0 Å². The minimum atomic E-state index is -1.10. The second-order valence-corrected chi connectivity index (χ2v) is 19.6. The number of furan rings is 2. The van der Waals surface area contributed by atoms with Crippen molar-refractivity contribution in [2.75, 3.05) is 9.80 Å². The Kier molecular flexibility index (Phi) is 9.30. The third kappa shape index (κ3) is 6.11. The molecule has 0 unspecified atom stereocenters. The maximum atomic E-state index is 15.6. The Bertz CT molecular complexity index is 4050. The summed E-state index contributed by atoms with van der Waals surface area (Å²) in [6.45, 7) is 4.41. The first kappa shape index (κ1) is 43.7. The van der Waals surface area contributed by atoms with Crippen molar-refractivity contribution < 1.29 is 35.2 Å². The molecular formula is C64H38F6N2O2. The summed E-state index contributed by atoms with van der Waals surface area (Å²) in [5.41, 5.74) is 8.84. The smallest absolute Gasteiger partial charge is 0.171 e. The minimum absolute atomic E-state index is 0.0521. The average Bonchev–Trinajstić information content (AvgIpc) is 4.06. The molecule has 0 amide bonds. The molecule has 0 fully saturated rings. The number of anilines is 6. The molecule has 0 bridgehead atoms. The number of hydrogen-bond donors (Lipinski definition) is 0. The molecule has 12 aromatic rings. The molecule has 14 rings (SSSR count). The molecular weight excluding hydrogens is 943 g/mol. The SMILES string of the molecule is CC1(C)c2ccccc2C2(c3cc(N(c4cc(F)cc(F)c4)c4cccc5c4oc4c(F)cccc45)ccc3-c3ccc(N(c4cc(F)cc(F)c4)c4cccc5c4oc4c(F)cccc45)cc32)c2ccccc21. The molecule has 0 atom stereocenters. The van der Waals surface area contributed by atoms with Gasteiger partial charge in [-0.3, -0.25) is 0 Å². The zero-order chi connectivity index (χ0) is 50.4. The van der Waals surface area contributed by atoms with E-state index in [2.05, 4.69) is 50.2 Å². The van der Waals surface area contributed by atoms with Crippen molar-refractivity contribution in [3.05, 3.63) is 262 Å². The highest BCUT2D eigenvalue weighted by atomic mass is 19.2. The summed E-state index contributed by atoms with van der Waals surface area (Å²) in [7, 11) is 0. The molecule has 358 valence electrons. The normalized spacial score (nSPS) is 13.9. The van der Waals surface area contributed by atoms with Gasteiger partial charge in [-0.2, -0.15) is 0 Å². The standard InChI is InChI=1S/C64H38F6N2O2/c1-63(2)49-15-3-5-17-51(49)64(52-18-6-4-16-50(52)63)53-33-39(71(41-29-35(65)27-36(66)30-41)57-21-9-13-47-45-11-7-19-55(69)59(45)73-61(47)57)23-25-43(53)44-26-24-40(34-54(44)64)72(42-31-37(67)28-38(68)32-42)58-22-10-14-48-46-12-8-20-56(70)60(46)74-62(48)58/h3-34H,1-2H3. The zero-order valence-electron chi connectivity index (χ0n) is 39.5. The molecule has 2 aromatic heterocycles. The molecule has 74 heavy (non-hydrogen) atoms. The lowest BCUT2D eigenvalue weighted by atomic mass is 9.55. The summed E-state index contributed by atoms with van der Waals surface area (Å²) in [5.74, 6) is -4.29. The molecule has 0 saturated carbocycles. The summed E-state index contributed by atoms with van der Waals surface area (Å²) < 4.78 is 106. The Balaban J connectivity index is 1.07. The highest BCUT2D eigenvalue weighted by Crippen LogP contribution is 2.64. The van der Waals surface area contributed by atoms with Crippen LogP contribution in [-0.4, -0.2) is 0 Å². The van der Waals surface area contributed by atoms with Crippen molar-refractivity contribution >= 4 is 78.0 Å². The maximum Gasteiger partial charge on any atom is 0.171 e. The van der Waals surface area contributed by atoms with E-state index in [0.717, 1.165) is 56.6 Å². The van der Waals surface area contributed by atoms with Gasteiger partial charge in [-0.05, 0) is 117 Å². The van der Waals surface area contributed by atoms with Crippen LogP contribution in [0.3, 0.4) is 0 Å². The van der Waals surface area contributed by atoms with Crippen molar-refractivity contribution in [3.63, 3.8) is 0 Å². The van der Waals surface area contributed by atoms with Gasteiger partial charge in [0.2, 0.25) is 0 Å². The van der Waals surface area contributed by atoms with Crippen LogP contribution in [0.5, 0.6) is 0 Å². The highest BCUT2D eigenvalue weighted by molar-refractivity contribution is 6.12. The van der Waals surface area contributed by atoms with Gasteiger partial charge < -0.3 is 18.6 Å². The topological polar surface area (TPSA) is 32.8 Å². The summed E-state index contributed by atoms with van der Waals surface area (Å²) in [6, 6.07) is 55.4. The third-order valence-corrected chi connectivity index (χ3v) is 15.2. The molecule has 2 heterocycles. The van der Waals surface area contributed by atoms with Crippen LogP contribution in [0.25, 0.3) is 55.0 Å². The first-order valence-corrected chi connectivity index (χ1v) is 24.1. The fourth-order valence-electron chi connectivity index (χ4n) is 12.2. The molecule has 2 aliphatic rings. The van der Waals surface area contributed by atoms with Crippen molar-refractivity contribution in [2.45, 2.75) is 24.7 Å². The van der Waals surface area contributed by atoms with Gasteiger partial charge in [-0.25, -0.2) is 26.3 Å². The molecule has 0 saturated heterocycles. The predicted molar refractivity (Wildman–Crippen MR) is 280 cm³/mol.